The van der Waals surface area contributed by atoms with Crippen LogP contribution >= 0.6 is 23.2 Å². The van der Waals surface area contributed by atoms with Crippen LogP contribution in [0.3, 0.4) is 0 Å². The third kappa shape index (κ3) is 5.74. The maximum absolute atomic E-state index is 14.0. The first-order chi connectivity index (χ1) is 14.7. The molecule has 6 nitrogen and oxygen atoms in total. The SMILES string of the molecule is COc1ccc(C(=O)Nc2ccc(Cl)cc2F)cc1S(=O)(=O)NCc1ccc(Cl)cc1. The fourth-order valence-electron chi connectivity index (χ4n) is 2.67. The van der Waals surface area contributed by atoms with Gasteiger partial charge in [0, 0.05) is 22.2 Å². The molecule has 0 aromatic heterocycles. The molecule has 0 atom stereocenters. The largest absolute Gasteiger partial charge is 0.495 e. The van der Waals surface area contributed by atoms with Gasteiger partial charge >= 0.3 is 0 Å². The molecule has 0 bridgehead atoms. The number of halogens is 3. The number of amides is 1. The Balaban J connectivity index is 1.85. The zero-order valence-electron chi connectivity index (χ0n) is 16.2. The van der Waals surface area contributed by atoms with Crippen LogP contribution in [0.25, 0.3) is 0 Å². The number of carbonyl (C=O) groups is 1. The zero-order chi connectivity index (χ0) is 22.6. The van der Waals surface area contributed by atoms with Crippen molar-refractivity contribution >= 4 is 44.8 Å². The van der Waals surface area contributed by atoms with Gasteiger partial charge < -0.3 is 10.1 Å². The summed E-state index contributed by atoms with van der Waals surface area (Å²) < 4.78 is 47.3. The number of carbonyl (C=O) groups excluding carboxylic acids is 1. The quantitative estimate of drug-likeness (QED) is 0.502. The third-order valence-electron chi connectivity index (χ3n) is 4.27. The van der Waals surface area contributed by atoms with Gasteiger partial charge in [-0.25, -0.2) is 17.5 Å². The van der Waals surface area contributed by atoms with E-state index in [4.69, 9.17) is 27.9 Å². The minimum absolute atomic E-state index is 0.00187. The maximum atomic E-state index is 14.0. The summed E-state index contributed by atoms with van der Waals surface area (Å²) >= 11 is 11.5. The van der Waals surface area contributed by atoms with Crippen molar-refractivity contribution < 1.29 is 22.3 Å². The number of nitrogens with one attached hydrogen (secondary N) is 2. The van der Waals surface area contributed by atoms with Gasteiger partial charge in [-0.2, -0.15) is 0 Å². The number of rotatable bonds is 7. The second-order valence-corrected chi connectivity index (χ2v) is 9.00. The van der Waals surface area contributed by atoms with Gasteiger partial charge in [-0.1, -0.05) is 35.3 Å². The highest BCUT2D eigenvalue weighted by Crippen LogP contribution is 2.26. The molecule has 3 aromatic carbocycles. The van der Waals surface area contributed by atoms with Crippen molar-refractivity contribution in [3.05, 3.63) is 87.7 Å². The Morgan fingerprint density at radius 3 is 2.32 bits per heavy atom. The summed E-state index contributed by atoms with van der Waals surface area (Å²) in [5.41, 5.74) is 0.608. The smallest absolute Gasteiger partial charge is 0.255 e. The Hall–Kier alpha value is -2.65. The van der Waals surface area contributed by atoms with Crippen molar-refractivity contribution in [3.63, 3.8) is 0 Å². The van der Waals surface area contributed by atoms with Gasteiger partial charge in [0.15, 0.2) is 0 Å². The molecule has 0 fully saturated rings. The third-order valence-corrected chi connectivity index (χ3v) is 6.18. The minimum Gasteiger partial charge on any atom is -0.495 e. The van der Waals surface area contributed by atoms with Crippen molar-refractivity contribution in [2.45, 2.75) is 11.4 Å². The van der Waals surface area contributed by atoms with Crippen molar-refractivity contribution in [2.24, 2.45) is 0 Å². The summed E-state index contributed by atoms with van der Waals surface area (Å²) in [6, 6.07) is 14.3. The molecule has 0 heterocycles. The molecule has 0 saturated heterocycles. The molecule has 1 amide bonds. The average Bonchev–Trinajstić information content (AvgIpc) is 2.75. The Morgan fingerprint density at radius 1 is 1.00 bits per heavy atom. The number of methoxy groups -OCH3 is 1. The Morgan fingerprint density at radius 2 is 1.68 bits per heavy atom. The molecule has 31 heavy (non-hydrogen) atoms. The summed E-state index contributed by atoms with van der Waals surface area (Å²) in [7, 11) is -2.72. The first-order valence-corrected chi connectivity index (χ1v) is 11.1. The first kappa shape index (κ1) is 23.0. The molecule has 0 saturated carbocycles. The highest BCUT2D eigenvalue weighted by molar-refractivity contribution is 7.89. The van der Waals surface area contributed by atoms with Crippen LogP contribution in [0.2, 0.25) is 10.0 Å². The van der Waals surface area contributed by atoms with Crippen LogP contribution in [-0.4, -0.2) is 21.4 Å². The van der Waals surface area contributed by atoms with Gasteiger partial charge in [0.05, 0.1) is 12.8 Å². The van der Waals surface area contributed by atoms with Crippen molar-refractivity contribution in [1.82, 2.24) is 4.72 Å². The predicted octanol–water partition coefficient (Wildman–Crippen LogP) is 4.87. The van der Waals surface area contributed by atoms with Crippen LogP contribution in [0.15, 0.2) is 65.6 Å². The standard InChI is InChI=1S/C21H17Cl2FN2O4S/c1-30-19-9-4-14(21(27)26-18-8-7-16(23)11-17(18)24)10-20(19)31(28,29)25-12-13-2-5-15(22)6-3-13/h2-11,25H,12H2,1H3,(H,26,27). The van der Waals surface area contributed by atoms with E-state index < -0.39 is 21.7 Å². The fraction of sp³-hybridized carbons (Fsp3) is 0.0952. The number of hydrogen-bond acceptors (Lipinski definition) is 4. The normalized spacial score (nSPS) is 11.2. The summed E-state index contributed by atoms with van der Waals surface area (Å²) in [6.45, 7) is 0.00899. The fourth-order valence-corrected chi connectivity index (χ4v) is 4.17. The predicted molar refractivity (Wildman–Crippen MR) is 118 cm³/mol. The van der Waals surface area contributed by atoms with E-state index in [1.807, 2.05) is 0 Å². The van der Waals surface area contributed by atoms with Gasteiger partial charge in [-0.3, -0.25) is 4.79 Å². The highest BCUT2D eigenvalue weighted by atomic mass is 35.5. The van der Waals surface area contributed by atoms with E-state index in [0.29, 0.717) is 10.6 Å². The number of anilines is 1. The molecule has 0 radical (unpaired) electrons. The molecule has 2 N–H and O–H groups in total. The van der Waals surface area contributed by atoms with E-state index in [2.05, 4.69) is 10.0 Å². The van der Waals surface area contributed by atoms with Crippen molar-refractivity contribution in [1.29, 1.82) is 0 Å². The molecular weight excluding hydrogens is 466 g/mol. The number of benzene rings is 3. The van der Waals surface area contributed by atoms with Gasteiger partial charge in [0.2, 0.25) is 10.0 Å². The number of ether oxygens (including phenoxy) is 1. The molecule has 0 spiro atoms. The Bertz CT molecular complexity index is 1220. The molecule has 3 aromatic rings. The molecule has 0 aliphatic carbocycles. The van der Waals surface area contributed by atoms with Crippen LogP contribution in [0.5, 0.6) is 5.75 Å². The molecular formula is C21H17Cl2FN2O4S. The van der Waals surface area contributed by atoms with E-state index in [0.717, 1.165) is 12.1 Å². The first-order valence-electron chi connectivity index (χ1n) is 8.88. The second kappa shape index (κ2) is 9.65. The highest BCUT2D eigenvalue weighted by Gasteiger charge is 2.22. The number of sulfonamides is 1. The van der Waals surface area contributed by atoms with Gasteiger partial charge in [-0.15, -0.1) is 0 Å². The maximum Gasteiger partial charge on any atom is 0.255 e. The minimum atomic E-state index is -4.03. The van der Waals surface area contributed by atoms with Crippen molar-refractivity contribution in [2.75, 3.05) is 12.4 Å². The monoisotopic (exact) mass is 482 g/mol. The van der Waals surface area contributed by atoms with E-state index in [1.165, 1.54) is 31.4 Å². The molecule has 10 heteroatoms. The summed E-state index contributed by atoms with van der Waals surface area (Å²) in [6.07, 6.45) is 0. The molecule has 0 unspecified atom stereocenters. The second-order valence-electron chi connectivity index (χ2n) is 6.39. The molecule has 0 aliphatic heterocycles. The lowest BCUT2D eigenvalue weighted by atomic mass is 10.2. The van der Waals surface area contributed by atoms with Gasteiger partial charge in [0.1, 0.15) is 16.5 Å². The van der Waals surface area contributed by atoms with Crippen LogP contribution in [0.4, 0.5) is 10.1 Å². The topological polar surface area (TPSA) is 84.5 Å². The molecule has 162 valence electrons. The van der Waals surface area contributed by atoms with Crippen LogP contribution in [0, 0.1) is 5.82 Å². The summed E-state index contributed by atoms with van der Waals surface area (Å²) in [5.74, 6) is -1.36. The lowest BCUT2D eigenvalue weighted by molar-refractivity contribution is 0.102. The molecule has 3 rings (SSSR count). The van der Waals surface area contributed by atoms with Crippen molar-refractivity contribution in [3.8, 4) is 5.75 Å². The summed E-state index contributed by atoms with van der Waals surface area (Å²) in [4.78, 5) is 12.3. The lowest BCUT2D eigenvalue weighted by Crippen LogP contribution is -2.24. The Kier molecular flexibility index (Phi) is 7.17. The molecule has 0 aliphatic rings. The van der Waals surface area contributed by atoms with Gasteiger partial charge in [0.25, 0.3) is 5.91 Å². The van der Waals surface area contributed by atoms with E-state index in [9.17, 15) is 17.6 Å². The lowest BCUT2D eigenvalue weighted by Gasteiger charge is -2.13. The Labute approximate surface area is 189 Å². The van der Waals surface area contributed by atoms with Gasteiger partial charge in [-0.05, 0) is 54.1 Å². The van der Waals surface area contributed by atoms with Crippen LogP contribution < -0.4 is 14.8 Å². The zero-order valence-corrected chi connectivity index (χ0v) is 18.5. The van der Waals surface area contributed by atoms with E-state index in [-0.39, 0.29) is 33.5 Å². The van der Waals surface area contributed by atoms with E-state index >= 15 is 0 Å². The van der Waals surface area contributed by atoms with E-state index in [1.54, 1.807) is 24.3 Å². The summed E-state index contributed by atoms with van der Waals surface area (Å²) in [5, 5.41) is 3.10. The van der Waals surface area contributed by atoms with Crippen LogP contribution in [-0.2, 0) is 16.6 Å². The average molecular weight is 483 g/mol. The number of hydrogen-bond donors (Lipinski definition) is 2. The van der Waals surface area contributed by atoms with Crippen LogP contribution in [0.1, 0.15) is 15.9 Å².